The lowest BCUT2D eigenvalue weighted by molar-refractivity contribution is -0.122. The van der Waals surface area contributed by atoms with Crippen molar-refractivity contribution >= 4 is 27.5 Å². The van der Waals surface area contributed by atoms with E-state index in [-0.39, 0.29) is 24.1 Å². The molecule has 27 heavy (non-hydrogen) atoms. The van der Waals surface area contributed by atoms with E-state index >= 15 is 0 Å². The molecule has 2 aromatic heterocycles. The van der Waals surface area contributed by atoms with Gasteiger partial charge in [0.25, 0.3) is 5.56 Å². The second-order valence-electron chi connectivity index (χ2n) is 7.39. The average Bonchev–Trinajstić information content (AvgIpc) is 3.24. The van der Waals surface area contributed by atoms with Crippen molar-refractivity contribution in [3.05, 3.63) is 26.6 Å². The lowest BCUT2D eigenvalue weighted by atomic mass is 10.2. The SMILES string of the molecule is CCN(CC)Cc1nc2sc(C)c(C)c2c(=O)n1CC(=O)NC1CCCC1. The quantitative estimate of drug-likeness (QED) is 0.789. The molecular formula is C20H30N4O2S. The standard InChI is InChI=1S/C20H30N4O2S/c1-5-23(6-2)11-16-22-19-18(13(3)14(4)27-19)20(26)24(16)12-17(25)21-15-9-7-8-10-15/h15H,5-12H2,1-4H3,(H,21,25). The molecule has 1 saturated carbocycles. The van der Waals surface area contributed by atoms with Crippen LogP contribution in [-0.4, -0.2) is 39.5 Å². The van der Waals surface area contributed by atoms with Gasteiger partial charge in [-0.05, 0) is 45.3 Å². The van der Waals surface area contributed by atoms with Crippen LogP contribution in [0.25, 0.3) is 10.2 Å². The fourth-order valence-corrected chi connectivity index (χ4v) is 4.83. The maximum absolute atomic E-state index is 13.2. The van der Waals surface area contributed by atoms with E-state index in [1.54, 1.807) is 15.9 Å². The molecule has 6 nitrogen and oxygen atoms in total. The monoisotopic (exact) mass is 390 g/mol. The van der Waals surface area contributed by atoms with Crippen molar-refractivity contribution in [1.29, 1.82) is 0 Å². The summed E-state index contributed by atoms with van der Waals surface area (Å²) >= 11 is 1.56. The van der Waals surface area contributed by atoms with Crippen LogP contribution in [0.1, 0.15) is 55.8 Å². The van der Waals surface area contributed by atoms with Crippen LogP contribution >= 0.6 is 11.3 Å². The smallest absolute Gasteiger partial charge is 0.263 e. The van der Waals surface area contributed by atoms with Gasteiger partial charge in [0.15, 0.2) is 0 Å². The van der Waals surface area contributed by atoms with Crippen molar-refractivity contribution in [3.63, 3.8) is 0 Å². The third kappa shape index (κ3) is 4.24. The number of thiophene rings is 1. The predicted molar refractivity (Wildman–Crippen MR) is 110 cm³/mol. The number of nitrogens with zero attached hydrogens (tertiary/aromatic N) is 3. The molecule has 1 aliphatic carbocycles. The Morgan fingerprint density at radius 1 is 1.26 bits per heavy atom. The zero-order chi connectivity index (χ0) is 19.6. The topological polar surface area (TPSA) is 67.2 Å². The predicted octanol–water partition coefficient (Wildman–Crippen LogP) is 2.98. The second kappa shape index (κ2) is 8.52. The van der Waals surface area contributed by atoms with Crippen LogP contribution < -0.4 is 10.9 Å². The molecular weight excluding hydrogens is 360 g/mol. The number of rotatable bonds is 7. The fraction of sp³-hybridized carbons (Fsp3) is 0.650. The molecule has 0 spiro atoms. The Bertz CT molecular complexity index is 876. The largest absolute Gasteiger partial charge is 0.352 e. The van der Waals surface area contributed by atoms with Crippen molar-refractivity contribution < 1.29 is 4.79 Å². The second-order valence-corrected chi connectivity index (χ2v) is 8.60. The van der Waals surface area contributed by atoms with E-state index in [0.29, 0.717) is 17.8 Å². The molecule has 2 heterocycles. The lowest BCUT2D eigenvalue weighted by Crippen LogP contribution is -2.39. The number of hydrogen-bond acceptors (Lipinski definition) is 5. The Kier molecular flexibility index (Phi) is 6.32. The molecule has 0 unspecified atom stereocenters. The third-order valence-electron chi connectivity index (χ3n) is 5.65. The highest BCUT2D eigenvalue weighted by molar-refractivity contribution is 7.18. The molecule has 2 aromatic rings. The van der Waals surface area contributed by atoms with E-state index < -0.39 is 0 Å². The number of hydrogen-bond donors (Lipinski definition) is 1. The first-order valence-corrected chi connectivity index (χ1v) is 10.8. The molecule has 7 heteroatoms. The molecule has 1 fully saturated rings. The number of carbonyl (C=O) groups is 1. The zero-order valence-electron chi connectivity index (χ0n) is 16.8. The molecule has 0 atom stereocenters. The van der Waals surface area contributed by atoms with E-state index in [1.807, 2.05) is 13.8 Å². The Hall–Kier alpha value is -1.73. The van der Waals surface area contributed by atoms with Crippen LogP contribution in [-0.2, 0) is 17.9 Å². The lowest BCUT2D eigenvalue weighted by Gasteiger charge is -2.21. The van der Waals surface area contributed by atoms with Crippen LogP contribution in [0.4, 0.5) is 0 Å². The van der Waals surface area contributed by atoms with E-state index in [0.717, 1.165) is 41.2 Å². The van der Waals surface area contributed by atoms with Crippen LogP contribution in [0.3, 0.4) is 0 Å². The minimum absolute atomic E-state index is 0.0449. The molecule has 0 radical (unpaired) electrons. The Morgan fingerprint density at radius 2 is 1.93 bits per heavy atom. The fourth-order valence-electron chi connectivity index (χ4n) is 3.79. The van der Waals surface area contributed by atoms with Crippen LogP contribution in [0.5, 0.6) is 0 Å². The summed E-state index contributed by atoms with van der Waals surface area (Å²) in [5.41, 5.74) is 0.886. The van der Waals surface area contributed by atoms with Gasteiger partial charge >= 0.3 is 0 Å². The number of aryl methyl sites for hydroxylation is 2. The van der Waals surface area contributed by atoms with Gasteiger partial charge in [0.1, 0.15) is 17.2 Å². The minimum atomic E-state index is -0.0921. The summed E-state index contributed by atoms with van der Waals surface area (Å²) < 4.78 is 1.59. The number of fused-ring (bicyclic) bond motifs is 1. The van der Waals surface area contributed by atoms with Gasteiger partial charge in [-0.1, -0.05) is 26.7 Å². The minimum Gasteiger partial charge on any atom is -0.352 e. The summed E-state index contributed by atoms with van der Waals surface area (Å²) in [5, 5.41) is 3.76. The van der Waals surface area contributed by atoms with Crippen molar-refractivity contribution in [2.24, 2.45) is 0 Å². The Morgan fingerprint density at radius 3 is 2.56 bits per heavy atom. The Labute approximate surface area is 164 Å². The summed E-state index contributed by atoms with van der Waals surface area (Å²) in [7, 11) is 0. The van der Waals surface area contributed by atoms with E-state index in [1.165, 1.54) is 12.8 Å². The number of aromatic nitrogens is 2. The van der Waals surface area contributed by atoms with E-state index in [2.05, 4.69) is 24.1 Å². The molecule has 148 valence electrons. The van der Waals surface area contributed by atoms with Gasteiger partial charge in [-0.3, -0.25) is 19.1 Å². The van der Waals surface area contributed by atoms with Gasteiger partial charge in [-0.25, -0.2) is 4.98 Å². The summed E-state index contributed by atoms with van der Waals surface area (Å²) in [5.74, 6) is 0.592. The summed E-state index contributed by atoms with van der Waals surface area (Å²) in [6.45, 7) is 10.5. The third-order valence-corrected chi connectivity index (χ3v) is 6.75. The van der Waals surface area contributed by atoms with Gasteiger partial charge in [0.05, 0.1) is 11.9 Å². The summed E-state index contributed by atoms with van der Waals surface area (Å²) in [6, 6.07) is 0.251. The maximum Gasteiger partial charge on any atom is 0.263 e. The number of carbonyl (C=O) groups excluding carboxylic acids is 1. The zero-order valence-corrected chi connectivity index (χ0v) is 17.6. The van der Waals surface area contributed by atoms with Gasteiger partial charge in [-0.2, -0.15) is 0 Å². The van der Waals surface area contributed by atoms with Gasteiger partial charge in [0, 0.05) is 10.9 Å². The van der Waals surface area contributed by atoms with Crippen molar-refractivity contribution in [2.45, 2.75) is 72.5 Å². The molecule has 0 aliphatic heterocycles. The first-order valence-electron chi connectivity index (χ1n) is 9.95. The van der Waals surface area contributed by atoms with Crippen LogP contribution in [0.2, 0.25) is 0 Å². The molecule has 0 aromatic carbocycles. The summed E-state index contributed by atoms with van der Waals surface area (Å²) in [6.07, 6.45) is 4.40. The van der Waals surface area contributed by atoms with Gasteiger partial charge < -0.3 is 5.32 Å². The highest BCUT2D eigenvalue weighted by Crippen LogP contribution is 2.26. The van der Waals surface area contributed by atoms with Gasteiger partial charge in [-0.15, -0.1) is 11.3 Å². The first kappa shape index (κ1) is 20.0. The normalized spacial score (nSPS) is 15.1. The molecule has 1 amide bonds. The molecule has 1 aliphatic rings. The van der Waals surface area contributed by atoms with Crippen molar-refractivity contribution in [2.75, 3.05) is 13.1 Å². The van der Waals surface area contributed by atoms with E-state index in [9.17, 15) is 9.59 Å². The summed E-state index contributed by atoms with van der Waals surface area (Å²) in [4.78, 5) is 34.8. The molecule has 3 rings (SSSR count). The van der Waals surface area contributed by atoms with Crippen LogP contribution in [0.15, 0.2) is 4.79 Å². The molecule has 0 bridgehead atoms. The van der Waals surface area contributed by atoms with E-state index in [4.69, 9.17) is 4.98 Å². The van der Waals surface area contributed by atoms with Crippen LogP contribution in [0, 0.1) is 13.8 Å². The molecule has 0 saturated heterocycles. The van der Waals surface area contributed by atoms with Crippen molar-refractivity contribution in [3.8, 4) is 0 Å². The first-order chi connectivity index (χ1) is 12.9. The van der Waals surface area contributed by atoms with Crippen molar-refractivity contribution in [1.82, 2.24) is 19.8 Å². The highest BCUT2D eigenvalue weighted by atomic mass is 32.1. The average molecular weight is 391 g/mol. The highest BCUT2D eigenvalue weighted by Gasteiger charge is 2.21. The number of nitrogens with one attached hydrogen (secondary N) is 1. The number of amides is 1. The molecule has 1 N–H and O–H groups in total. The maximum atomic E-state index is 13.2. The Balaban J connectivity index is 1.98. The van der Waals surface area contributed by atoms with Gasteiger partial charge in [0.2, 0.25) is 5.91 Å².